The first-order chi connectivity index (χ1) is 16.2. The van der Waals surface area contributed by atoms with E-state index in [1.165, 1.54) is 30.2 Å². The lowest BCUT2D eigenvalue weighted by molar-refractivity contribution is 0.350. The van der Waals surface area contributed by atoms with Gasteiger partial charge in [-0.2, -0.15) is 9.78 Å². The van der Waals surface area contributed by atoms with E-state index in [1.807, 2.05) is 0 Å². The third kappa shape index (κ3) is 5.25. The van der Waals surface area contributed by atoms with Gasteiger partial charge in [0.25, 0.3) is 16.0 Å². The summed E-state index contributed by atoms with van der Waals surface area (Å²) in [7, 11) is -3.17. The first-order valence-electron chi connectivity index (χ1n) is 9.42. The molecule has 0 aliphatic carbocycles. The molecule has 0 bridgehead atoms. The van der Waals surface area contributed by atoms with Gasteiger partial charge in [-0.3, -0.25) is 4.72 Å². The van der Waals surface area contributed by atoms with Crippen LogP contribution in [-0.2, 0) is 10.0 Å². The molecule has 0 atom stereocenters. The Kier molecular flexibility index (Phi) is 7.34. The van der Waals surface area contributed by atoms with E-state index in [0.29, 0.717) is 23.0 Å². The van der Waals surface area contributed by atoms with Crippen LogP contribution >= 0.6 is 0 Å². The molecule has 34 heavy (non-hydrogen) atoms. The number of hydrogen-bond acceptors (Lipinski definition) is 8. The smallest absolute Gasteiger partial charge is 0.264 e. The quantitative estimate of drug-likeness (QED) is 0.388. The Morgan fingerprint density at radius 1 is 1.29 bits per heavy atom. The van der Waals surface area contributed by atoms with E-state index in [-0.39, 0.29) is 24.1 Å². The van der Waals surface area contributed by atoms with Gasteiger partial charge in [0, 0.05) is 17.8 Å². The Bertz CT molecular complexity index is 1440. The molecule has 2 heterocycles. The molecule has 0 spiro atoms. The van der Waals surface area contributed by atoms with Crippen LogP contribution in [0.25, 0.3) is 0 Å². The molecule has 0 amide bonds. The van der Waals surface area contributed by atoms with Crippen LogP contribution in [0.15, 0.2) is 51.6 Å². The number of benzene rings is 1. The number of halogens is 2. The second kappa shape index (κ2) is 10.2. The largest absolute Gasteiger partial charge is 0.480 e. The third-order valence-electron chi connectivity index (χ3n) is 4.30. The molecule has 0 radical (unpaired) electrons. The number of nitrogens with zero attached hydrogens (tertiary/aromatic N) is 5. The SMILES string of the molecule is C=Nc1ncc(C#CCO)n1/N=C(\C)c1cnc(OC)c(NS(=O)(=O)c2ccc(F)cc2F)c1. The minimum absolute atomic E-state index is 0.0896. The Balaban J connectivity index is 2.03. The summed E-state index contributed by atoms with van der Waals surface area (Å²) in [5, 5.41) is 13.3. The van der Waals surface area contributed by atoms with Crippen molar-refractivity contribution < 1.29 is 27.0 Å². The number of sulfonamides is 1. The lowest BCUT2D eigenvalue weighted by Gasteiger charge is -2.13. The number of imidazole rings is 1. The summed E-state index contributed by atoms with van der Waals surface area (Å²) in [6, 6.07) is 3.47. The van der Waals surface area contributed by atoms with Gasteiger partial charge in [0.05, 0.1) is 19.0 Å². The third-order valence-corrected chi connectivity index (χ3v) is 5.70. The Labute approximate surface area is 193 Å². The molecule has 0 saturated carbocycles. The highest BCUT2D eigenvalue weighted by atomic mass is 32.2. The van der Waals surface area contributed by atoms with Crippen molar-refractivity contribution in [1.82, 2.24) is 14.6 Å². The van der Waals surface area contributed by atoms with Crippen molar-refractivity contribution in [3.63, 3.8) is 0 Å². The maximum absolute atomic E-state index is 14.1. The van der Waals surface area contributed by atoms with E-state index in [2.05, 4.69) is 43.3 Å². The first kappa shape index (κ1) is 24.5. The maximum Gasteiger partial charge on any atom is 0.264 e. The van der Waals surface area contributed by atoms with E-state index >= 15 is 0 Å². The van der Waals surface area contributed by atoms with E-state index in [9.17, 15) is 17.2 Å². The normalized spacial score (nSPS) is 11.5. The number of ether oxygens (including phenoxy) is 1. The number of nitrogens with one attached hydrogen (secondary N) is 1. The van der Waals surface area contributed by atoms with Gasteiger partial charge in [-0.05, 0) is 37.8 Å². The summed E-state index contributed by atoms with van der Waals surface area (Å²) in [6.45, 7) is 4.66. The molecule has 10 nitrogen and oxygen atoms in total. The number of methoxy groups -OCH3 is 1. The average Bonchev–Trinajstić information content (AvgIpc) is 3.18. The number of aliphatic hydroxyl groups excluding tert-OH is 1. The predicted octanol–water partition coefficient (Wildman–Crippen LogP) is 2.31. The van der Waals surface area contributed by atoms with Crippen molar-refractivity contribution in [3.8, 4) is 17.7 Å². The van der Waals surface area contributed by atoms with E-state index in [4.69, 9.17) is 9.84 Å². The molecule has 176 valence electrons. The van der Waals surface area contributed by atoms with Crippen molar-refractivity contribution >= 4 is 34.1 Å². The van der Waals surface area contributed by atoms with Gasteiger partial charge in [0.15, 0.2) is 0 Å². The zero-order valence-electron chi connectivity index (χ0n) is 18.0. The van der Waals surface area contributed by atoms with Gasteiger partial charge in [-0.1, -0.05) is 5.92 Å². The lowest BCUT2D eigenvalue weighted by Crippen LogP contribution is -2.16. The van der Waals surface area contributed by atoms with Crippen LogP contribution in [0.2, 0.25) is 0 Å². The first-order valence-corrected chi connectivity index (χ1v) is 10.9. The molecular formula is C21H18F2N6O4S. The summed E-state index contributed by atoms with van der Waals surface area (Å²) in [5.74, 6) is 3.04. The summed E-state index contributed by atoms with van der Waals surface area (Å²) in [5.41, 5.74) is 0.928. The Morgan fingerprint density at radius 2 is 2.06 bits per heavy atom. The van der Waals surface area contributed by atoms with Crippen LogP contribution in [0.3, 0.4) is 0 Å². The molecule has 2 N–H and O–H groups in total. The van der Waals surface area contributed by atoms with Gasteiger partial charge < -0.3 is 9.84 Å². The molecule has 3 rings (SSSR count). The highest BCUT2D eigenvalue weighted by molar-refractivity contribution is 7.92. The number of pyridine rings is 1. The monoisotopic (exact) mass is 488 g/mol. The second-order valence-corrected chi connectivity index (χ2v) is 8.17. The van der Waals surface area contributed by atoms with E-state index < -0.39 is 26.6 Å². The summed E-state index contributed by atoms with van der Waals surface area (Å²) < 4.78 is 61.3. The van der Waals surface area contributed by atoms with Crippen LogP contribution in [0.1, 0.15) is 18.2 Å². The average molecular weight is 488 g/mol. The van der Waals surface area contributed by atoms with Crippen LogP contribution in [0.4, 0.5) is 20.4 Å². The molecule has 0 fully saturated rings. The van der Waals surface area contributed by atoms with Crippen molar-refractivity contribution in [2.24, 2.45) is 10.1 Å². The van der Waals surface area contributed by atoms with Crippen molar-refractivity contribution in [2.75, 3.05) is 18.4 Å². The fourth-order valence-electron chi connectivity index (χ4n) is 2.74. The molecule has 1 aromatic carbocycles. The molecule has 2 aromatic heterocycles. The molecule has 0 saturated heterocycles. The van der Waals surface area contributed by atoms with Gasteiger partial charge in [0.1, 0.15) is 34.5 Å². The van der Waals surface area contributed by atoms with Crippen LogP contribution < -0.4 is 9.46 Å². The molecule has 13 heteroatoms. The van der Waals surface area contributed by atoms with Gasteiger partial charge >= 0.3 is 0 Å². The molecule has 0 unspecified atom stereocenters. The van der Waals surface area contributed by atoms with Crippen LogP contribution in [-0.4, -0.2) is 54.3 Å². The summed E-state index contributed by atoms with van der Waals surface area (Å²) >= 11 is 0. The number of hydrogen-bond donors (Lipinski definition) is 2. The number of aromatic nitrogens is 3. The highest BCUT2D eigenvalue weighted by Gasteiger charge is 2.22. The zero-order valence-corrected chi connectivity index (χ0v) is 18.8. The summed E-state index contributed by atoms with van der Waals surface area (Å²) in [4.78, 5) is 11.1. The predicted molar refractivity (Wildman–Crippen MR) is 121 cm³/mol. The lowest BCUT2D eigenvalue weighted by atomic mass is 10.2. The van der Waals surface area contributed by atoms with E-state index in [0.717, 1.165) is 12.1 Å². The van der Waals surface area contributed by atoms with E-state index in [1.54, 1.807) is 6.92 Å². The van der Waals surface area contributed by atoms with Crippen LogP contribution in [0.5, 0.6) is 5.88 Å². The fourth-order valence-corrected chi connectivity index (χ4v) is 3.85. The number of anilines is 1. The summed E-state index contributed by atoms with van der Waals surface area (Å²) in [6.07, 6.45) is 2.78. The number of aliphatic imine (C=N–C) groups is 1. The number of aliphatic hydroxyl groups is 1. The zero-order chi connectivity index (χ0) is 24.9. The standard InChI is InChI=1S/C21H18F2N6O4S/c1-13(27-29-16(5-4-8-30)12-26-21(29)24-2)14-9-18(20(33-3)25-11-14)28-34(31,32)19-7-6-15(22)10-17(19)23/h6-7,9-12,28,30H,2,8H2,1,3H3/b27-13+. The topological polar surface area (TPSA) is 131 Å². The fraction of sp³-hybridized carbons (Fsp3) is 0.143. The van der Waals surface area contributed by atoms with Gasteiger partial charge in [-0.25, -0.2) is 32.2 Å². The Hall–Kier alpha value is -4.15. The van der Waals surface area contributed by atoms with Gasteiger partial charge in [-0.15, -0.1) is 0 Å². The van der Waals surface area contributed by atoms with Crippen LogP contribution in [0, 0.1) is 23.5 Å². The molecule has 0 aliphatic heterocycles. The van der Waals surface area contributed by atoms with Crippen molar-refractivity contribution in [3.05, 3.63) is 59.6 Å². The van der Waals surface area contributed by atoms with Crippen molar-refractivity contribution in [1.29, 1.82) is 0 Å². The minimum Gasteiger partial charge on any atom is -0.480 e. The highest BCUT2D eigenvalue weighted by Crippen LogP contribution is 2.27. The molecule has 0 aliphatic rings. The maximum atomic E-state index is 14.1. The minimum atomic E-state index is -4.45. The van der Waals surface area contributed by atoms with Gasteiger partial charge in [0.2, 0.25) is 5.88 Å². The Morgan fingerprint density at radius 3 is 2.71 bits per heavy atom. The molecule has 3 aromatic rings. The second-order valence-electron chi connectivity index (χ2n) is 6.52. The number of rotatable bonds is 7. The molecular weight excluding hydrogens is 470 g/mol. The van der Waals surface area contributed by atoms with Crippen molar-refractivity contribution in [2.45, 2.75) is 11.8 Å².